The third-order valence-corrected chi connectivity index (χ3v) is 3.81. The van der Waals surface area contributed by atoms with E-state index < -0.39 is 0 Å². The van der Waals surface area contributed by atoms with Crippen molar-refractivity contribution in [1.82, 2.24) is 9.55 Å². The summed E-state index contributed by atoms with van der Waals surface area (Å²) in [6.07, 6.45) is 4.59. The highest BCUT2D eigenvalue weighted by Gasteiger charge is 2.07. The number of aryl methyl sites for hydroxylation is 3. The van der Waals surface area contributed by atoms with Gasteiger partial charge in [0.15, 0.2) is 0 Å². The molecule has 0 fully saturated rings. The van der Waals surface area contributed by atoms with Crippen LogP contribution in [-0.2, 0) is 18.8 Å². The number of imidazole rings is 1. The number of halogens is 1. The van der Waals surface area contributed by atoms with E-state index in [1.54, 1.807) is 0 Å². The Morgan fingerprint density at radius 2 is 1.95 bits per heavy atom. The van der Waals surface area contributed by atoms with Gasteiger partial charge < -0.3 is 9.30 Å². The van der Waals surface area contributed by atoms with E-state index in [0.29, 0.717) is 6.61 Å². The van der Waals surface area contributed by atoms with Gasteiger partial charge in [0.1, 0.15) is 11.6 Å². The highest BCUT2D eigenvalue weighted by molar-refractivity contribution is 9.08. The Bertz CT molecular complexity index is 540. The van der Waals surface area contributed by atoms with Gasteiger partial charge in [0.2, 0.25) is 0 Å². The number of nitrogens with zero attached hydrogens (tertiary/aromatic N) is 2. The lowest BCUT2D eigenvalue weighted by atomic mass is 10.1. The minimum atomic E-state index is 0.653. The van der Waals surface area contributed by atoms with Crippen molar-refractivity contribution in [1.29, 1.82) is 0 Å². The first-order chi connectivity index (χ1) is 9.11. The molecule has 19 heavy (non-hydrogen) atoms. The van der Waals surface area contributed by atoms with Crippen LogP contribution in [0.2, 0.25) is 0 Å². The predicted octanol–water partition coefficient (Wildman–Crippen LogP) is 3.55. The fourth-order valence-electron chi connectivity index (χ4n) is 2.23. The van der Waals surface area contributed by atoms with E-state index in [9.17, 15) is 0 Å². The molecular weight excluding hydrogens is 304 g/mol. The highest BCUT2D eigenvalue weighted by atomic mass is 79.9. The van der Waals surface area contributed by atoms with Crippen LogP contribution >= 0.6 is 15.9 Å². The van der Waals surface area contributed by atoms with Crippen molar-refractivity contribution in [3.05, 3.63) is 47.0 Å². The number of ether oxygens (including phenoxy) is 1. The Morgan fingerprint density at radius 1 is 1.26 bits per heavy atom. The van der Waals surface area contributed by atoms with E-state index in [0.717, 1.165) is 23.3 Å². The molecule has 0 saturated heterocycles. The van der Waals surface area contributed by atoms with Crippen molar-refractivity contribution in [3.63, 3.8) is 0 Å². The molecule has 2 rings (SSSR count). The van der Waals surface area contributed by atoms with Gasteiger partial charge in [0.25, 0.3) is 0 Å². The van der Waals surface area contributed by atoms with Crippen LogP contribution in [0, 0.1) is 13.8 Å². The Kier molecular flexibility index (Phi) is 4.64. The van der Waals surface area contributed by atoms with Crippen molar-refractivity contribution in [2.24, 2.45) is 7.05 Å². The molecule has 0 unspecified atom stereocenters. The van der Waals surface area contributed by atoms with E-state index in [2.05, 4.69) is 46.9 Å². The second kappa shape index (κ2) is 6.24. The number of aromatic nitrogens is 2. The lowest BCUT2D eigenvalue weighted by Gasteiger charge is -2.13. The van der Waals surface area contributed by atoms with E-state index in [1.165, 1.54) is 16.7 Å². The molecule has 0 atom stereocenters. The first-order valence-electron chi connectivity index (χ1n) is 6.37. The molecule has 0 amide bonds. The van der Waals surface area contributed by atoms with E-state index in [1.807, 2.05) is 24.0 Å². The third-order valence-electron chi connectivity index (χ3n) is 3.17. The topological polar surface area (TPSA) is 27.1 Å². The highest BCUT2D eigenvalue weighted by Crippen LogP contribution is 2.25. The van der Waals surface area contributed by atoms with Crippen LogP contribution in [0.25, 0.3) is 0 Å². The average Bonchev–Trinajstić information content (AvgIpc) is 2.78. The molecule has 1 aromatic heterocycles. The van der Waals surface area contributed by atoms with Gasteiger partial charge in [-0.2, -0.15) is 0 Å². The normalized spacial score (nSPS) is 10.7. The van der Waals surface area contributed by atoms with Crippen molar-refractivity contribution in [2.75, 3.05) is 6.61 Å². The maximum atomic E-state index is 5.93. The molecule has 4 heteroatoms. The summed E-state index contributed by atoms with van der Waals surface area (Å²) < 4.78 is 7.95. The van der Waals surface area contributed by atoms with Gasteiger partial charge in [-0.1, -0.05) is 28.1 Å². The molecule has 2 aromatic rings. The predicted molar refractivity (Wildman–Crippen MR) is 81.0 cm³/mol. The summed E-state index contributed by atoms with van der Waals surface area (Å²) in [4.78, 5) is 4.30. The minimum Gasteiger partial charge on any atom is -0.493 e. The second-order valence-electron chi connectivity index (χ2n) is 4.75. The second-order valence-corrected chi connectivity index (χ2v) is 5.31. The molecular formula is C15H19BrN2O. The number of rotatable bonds is 5. The zero-order valence-electron chi connectivity index (χ0n) is 11.6. The van der Waals surface area contributed by atoms with Gasteiger partial charge in [-0.15, -0.1) is 0 Å². The van der Waals surface area contributed by atoms with Gasteiger partial charge in [0, 0.05) is 31.2 Å². The summed E-state index contributed by atoms with van der Waals surface area (Å²) >= 11 is 3.49. The fraction of sp³-hybridized carbons (Fsp3) is 0.400. The van der Waals surface area contributed by atoms with E-state index in [4.69, 9.17) is 4.74 Å². The molecule has 3 nitrogen and oxygen atoms in total. The van der Waals surface area contributed by atoms with Gasteiger partial charge >= 0.3 is 0 Å². The number of alkyl halides is 1. The lowest BCUT2D eigenvalue weighted by Crippen LogP contribution is -2.07. The zero-order chi connectivity index (χ0) is 13.8. The fourth-order valence-corrected chi connectivity index (χ4v) is 2.55. The molecule has 1 heterocycles. The average molecular weight is 323 g/mol. The molecule has 0 radical (unpaired) electrons. The van der Waals surface area contributed by atoms with Crippen LogP contribution < -0.4 is 4.74 Å². The molecule has 1 aromatic carbocycles. The third kappa shape index (κ3) is 3.38. The SMILES string of the molecule is Cc1cc(CBr)cc(C)c1OCCc1nccn1C. The minimum absolute atomic E-state index is 0.653. The van der Waals surface area contributed by atoms with Crippen molar-refractivity contribution < 1.29 is 4.74 Å². The van der Waals surface area contributed by atoms with Gasteiger partial charge in [-0.05, 0) is 30.5 Å². The molecule has 0 bridgehead atoms. The summed E-state index contributed by atoms with van der Waals surface area (Å²) in [7, 11) is 2.00. The van der Waals surface area contributed by atoms with Crippen LogP contribution in [0.4, 0.5) is 0 Å². The van der Waals surface area contributed by atoms with Crippen LogP contribution in [0.5, 0.6) is 5.75 Å². The first-order valence-corrected chi connectivity index (χ1v) is 7.49. The Balaban J connectivity index is 2.02. The summed E-state index contributed by atoms with van der Waals surface area (Å²) in [6.45, 7) is 4.84. The quantitative estimate of drug-likeness (QED) is 0.787. The van der Waals surface area contributed by atoms with Gasteiger partial charge in [-0.25, -0.2) is 4.98 Å². The van der Waals surface area contributed by atoms with Gasteiger partial charge in [0.05, 0.1) is 6.61 Å². The monoisotopic (exact) mass is 322 g/mol. The Hall–Kier alpha value is -1.29. The molecule has 102 valence electrons. The number of hydrogen-bond acceptors (Lipinski definition) is 2. The van der Waals surface area contributed by atoms with Crippen molar-refractivity contribution >= 4 is 15.9 Å². The van der Waals surface area contributed by atoms with Crippen LogP contribution in [0.15, 0.2) is 24.5 Å². The summed E-state index contributed by atoms with van der Waals surface area (Å²) in [5, 5.41) is 0.877. The molecule has 0 aliphatic carbocycles. The van der Waals surface area contributed by atoms with Crippen molar-refractivity contribution in [2.45, 2.75) is 25.6 Å². The molecule has 0 aliphatic rings. The maximum Gasteiger partial charge on any atom is 0.125 e. The smallest absolute Gasteiger partial charge is 0.125 e. The van der Waals surface area contributed by atoms with E-state index in [-0.39, 0.29) is 0 Å². The summed E-state index contributed by atoms with van der Waals surface area (Å²) in [5.74, 6) is 2.05. The largest absolute Gasteiger partial charge is 0.493 e. The Morgan fingerprint density at radius 3 is 2.47 bits per heavy atom. The zero-order valence-corrected chi connectivity index (χ0v) is 13.2. The van der Waals surface area contributed by atoms with Crippen LogP contribution in [0.1, 0.15) is 22.5 Å². The van der Waals surface area contributed by atoms with Gasteiger partial charge in [-0.3, -0.25) is 0 Å². The lowest BCUT2D eigenvalue weighted by molar-refractivity contribution is 0.313. The Labute approximate surface area is 122 Å². The molecule has 0 saturated carbocycles. The molecule has 0 spiro atoms. The van der Waals surface area contributed by atoms with Crippen molar-refractivity contribution in [3.8, 4) is 5.75 Å². The molecule has 0 aliphatic heterocycles. The van der Waals surface area contributed by atoms with Crippen LogP contribution in [-0.4, -0.2) is 16.2 Å². The van der Waals surface area contributed by atoms with E-state index >= 15 is 0 Å². The first kappa shape index (κ1) is 14.1. The summed E-state index contributed by atoms with van der Waals surface area (Å²) in [6, 6.07) is 4.33. The standard InChI is InChI=1S/C15H19BrN2O/c1-11-8-13(10-16)9-12(2)15(11)19-7-4-14-17-5-6-18(14)3/h5-6,8-9H,4,7,10H2,1-3H3. The van der Waals surface area contributed by atoms with Crippen LogP contribution in [0.3, 0.4) is 0 Å². The molecule has 0 N–H and O–H groups in total. The maximum absolute atomic E-state index is 5.93. The number of benzene rings is 1. The number of hydrogen-bond donors (Lipinski definition) is 0. The summed E-state index contributed by atoms with van der Waals surface area (Å²) in [5.41, 5.74) is 3.66.